The molecular weight excluding hydrogens is 156 g/mol. The Morgan fingerprint density at radius 3 is 1.00 bits per heavy atom. The van der Waals surface area contributed by atoms with Gasteiger partial charge in [0.1, 0.15) is 0 Å². The summed E-state index contributed by atoms with van der Waals surface area (Å²) in [4.78, 5) is 9.00. The molecule has 0 aromatic carbocycles. The summed E-state index contributed by atoms with van der Waals surface area (Å²) in [6.45, 7) is 0. The van der Waals surface area contributed by atoms with E-state index in [-0.39, 0.29) is 0 Å². The molecule has 2 amide bonds. The van der Waals surface area contributed by atoms with Gasteiger partial charge in [-0.25, -0.2) is 4.79 Å². The van der Waals surface area contributed by atoms with Gasteiger partial charge < -0.3 is 11.5 Å². The van der Waals surface area contributed by atoms with E-state index in [2.05, 4.69) is 11.5 Å². The molecule has 3 nitrogen and oxygen atoms in total. The number of amides is 2. The molecule has 0 radical (unpaired) electrons. The second-order valence-electron chi connectivity index (χ2n) is 0.923. The predicted molar refractivity (Wildman–Crippen MR) is 25.2 cm³/mol. The van der Waals surface area contributed by atoms with Crippen molar-refractivity contribution in [1.29, 1.82) is 0 Å². The number of hydrogen-bond donors (Lipinski definition) is 2. The first-order chi connectivity index (χ1) is 4.37. The molecule has 0 aliphatic heterocycles. The van der Waals surface area contributed by atoms with E-state index in [1.54, 1.807) is 0 Å². The van der Waals surface area contributed by atoms with Crippen molar-refractivity contribution in [2.45, 2.75) is 0 Å². The van der Waals surface area contributed by atoms with Crippen LogP contribution in [0.25, 0.3) is 0 Å². The lowest BCUT2D eigenvalue weighted by atomic mass is 11.1. The standard InChI is InChI=1S/C2F4.CH4N2O/c3-1(4)2(5)6;2-1(3)4/h;(H4,2,3,4). The Labute approximate surface area is 53.3 Å². The first-order valence-electron chi connectivity index (χ1n) is 1.79. The van der Waals surface area contributed by atoms with Crippen LogP contribution in [0.15, 0.2) is 12.2 Å². The van der Waals surface area contributed by atoms with Crippen molar-refractivity contribution in [1.82, 2.24) is 0 Å². The monoisotopic (exact) mass is 160 g/mol. The van der Waals surface area contributed by atoms with Crippen LogP contribution < -0.4 is 11.5 Å². The van der Waals surface area contributed by atoms with Crippen molar-refractivity contribution in [3.05, 3.63) is 12.2 Å². The Morgan fingerprint density at radius 1 is 0.900 bits per heavy atom. The molecule has 0 bridgehead atoms. The first-order valence-corrected chi connectivity index (χ1v) is 1.79. The Balaban J connectivity index is 0. The molecule has 0 aromatic heterocycles. The fourth-order valence-electron chi connectivity index (χ4n) is 0. The van der Waals surface area contributed by atoms with Gasteiger partial charge in [0, 0.05) is 0 Å². The SMILES string of the molecule is FC(F)=C(F)F.NC(N)=O. The van der Waals surface area contributed by atoms with Gasteiger partial charge in [-0.1, -0.05) is 0 Å². The van der Waals surface area contributed by atoms with Crippen LogP contribution in [0.2, 0.25) is 0 Å². The van der Waals surface area contributed by atoms with Gasteiger partial charge in [0.2, 0.25) is 0 Å². The summed E-state index contributed by atoms with van der Waals surface area (Å²) in [5.74, 6) is 0. The molecule has 0 saturated carbocycles. The summed E-state index contributed by atoms with van der Waals surface area (Å²) in [7, 11) is 0. The van der Waals surface area contributed by atoms with Crippen molar-refractivity contribution in [2.24, 2.45) is 11.5 Å². The van der Waals surface area contributed by atoms with Crippen LogP contribution in [-0.2, 0) is 0 Å². The zero-order valence-electron chi connectivity index (χ0n) is 4.57. The molecule has 0 aliphatic rings. The minimum absolute atomic E-state index is 0.833. The number of carbonyl (C=O) groups excluding carboxylic acids is 1. The third-order valence-electron chi connectivity index (χ3n) is 0.143. The Hall–Kier alpha value is -1.27. The van der Waals surface area contributed by atoms with Crippen molar-refractivity contribution < 1.29 is 22.4 Å². The van der Waals surface area contributed by atoms with E-state index in [9.17, 15) is 17.6 Å². The second kappa shape index (κ2) is 5.86. The van der Waals surface area contributed by atoms with Crippen LogP contribution in [0.1, 0.15) is 0 Å². The van der Waals surface area contributed by atoms with Gasteiger partial charge in [0.15, 0.2) is 0 Å². The topological polar surface area (TPSA) is 69.1 Å². The third kappa shape index (κ3) is 29.6. The number of carbonyl (C=O) groups is 1. The molecular formula is C3H4F4N2O. The fourth-order valence-corrected chi connectivity index (χ4v) is 0. The lowest BCUT2D eigenvalue weighted by Gasteiger charge is -1.69. The van der Waals surface area contributed by atoms with Crippen molar-refractivity contribution in [2.75, 3.05) is 0 Å². The lowest BCUT2D eigenvalue weighted by molar-refractivity contribution is 0.256. The van der Waals surface area contributed by atoms with Gasteiger partial charge in [-0.05, 0) is 0 Å². The van der Waals surface area contributed by atoms with E-state index in [0.29, 0.717) is 0 Å². The molecule has 0 saturated heterocycles. The van der Waals surface area contributed by atoms with Crippen LogP contribution >= 0.6 is 0 Å². The molecule has 0 fully saturated rings. The van der Waals surface area contributed by atoms with Crippen LogP contribution in [0.4, 0.5) is 22.4 Å². The smallest absolute Gasteiger partial charge is 0.334 e. The lowest BCUT2D eigenvalue weighted by Crippen LogP contribution is -2.18. The van der Waals surface area contributed by atoms with Gasteiger partial charge in [0.25, 0.3) is 0 Å². The first kappa shape index (κ1) is 11.5. The zero-order chi connectivity index (χ0) is 8.73. The molecule has 0 atom stereocenters. The zero-order valence-corrected chi connectivity index (χ0v) is 4.57. The minimum Gasteiger partial charge on any atom is -0.352 e. The highest BCUT2D eigenvalue weighted by molar-refractivity contribution is 5.69. The molecule has 0 aliphatic carbocycles. The average molecular weight is 160 g/mol. The third-order valence-corrected chi connectivity index (χ3v) is 0.143. The van der Waals surface area contributed by atoms with Crippen LogP contribution in [-0.4, -0.2) is 6.03 Å². The molecule has 7 heteroatoms. The number of hydrogen-bond acceptors (Lipinski definition) is 1. The van der Waals surface area contributed by atoms with E-state index in [1.807, 2.05) is 0 Å². The van der Waals surface area contributed by atoms with Crippen LogP contribution in [0.3, 0.4) is 0 Å². The summed E-state index contributed by atoms with van der Waals surface area (Å²) >= 11 is 0. The highest BCUT2D eigenvalue weighted by Crippen LogP contribution is 2.08. The van der Waals surface area contributed by atoms with E-state index in [4.69, 9.17) is 4.79 Å². The summed E-state index contributed by atoms with van der Waals surface area (Å²) in [6, 6.07) is -0.833. The summed E-state index contributed by atoms with van der Waals surface area (Å²) in [5.41, 5.74) is 8.50. The average Bonchev–Trinajstić information content (AvgIpc) is 1.63. The number of rotatable bonds is 0. The number of halogens is 4. The maximum absolute atomic E-state index is 10.3. The molecule has 0 unspecified atom stereocenters. The highest BCUT2D eigenvalue weighted by Gasteiger charge is 1.98. The summed E-state index contributed by atoms with van der Waals surface area (Å²) < 4.78 is 41.1. The van der Waals surface area contributed by atoms with Gasteiger partial charge in [0.05, 0.1) is 0 Å². The molecule has 10 heavy (non-hydrogen) atoms. The van der Waals surface area contributed by atoms with Gasteiger partial charge in [-0.3, -0.25) is 0 Å². The molecule has 0 heterocycles. The maximum atomic E-state index is 10.3. The minimum atomic E-state index is -2.91. The normalized spacial score (nSPS) is 7.20. The van der Waals surface area contributed by atoms with Crippen LogP contribution in [0.5, 0.6) is 0 Å². The van der Waals surface area contributed by atoms with E-state index >= 15 is 0 Å². The van der Waals surface area contributed by atoms with E-state index in [0.717, 1.165) is 0 Å². The number of primary amides is 2. The molecule has 60 valence electrons. The highest BCUT2D eigenvalue weighted by atomic mass is 19.3. The van der Waals surface area contributed by atoms with E-state index < -0.39 is 18.2 Å². The number of urea groups is 1. The fraction of sp³-hybridized carbons (Fsp3) is 0. The van der Waals surface area contributed by atoms with Crippen molar-refractivity contribution >= 4 is 6.03 Å². The number of nitrogens with two attached hydrogens (primary N) is 2. The Kier molecular flexibility index (Phi) is 6.75. The van der Waals surface area contributed by atoms with Crippen LogP contribution in [0, 0.1) is 0 Å². The molecule has 0 spiro atoms. The predicted octanol–water partition coefficient (Wildman–Crippen LogP) is 1.01. The van der Waals surface area contributed by atoms with Crippen molar-refractivity contribution in [3.63, 3.8) is 0 Å². The second-order valence-corrected chi connectivity index (χ2v) is 0.923. The van der Waals surface area contributed by atoms with Gasteiger partial charge in [-0.15, -0.1) is 0 Å². The summed E-state index contributed by atoms with van der Waals surface area (Å²) in [5, 5.41) is 0. The van der Waals surface area contributed by atoms with Gasteiger partial charge >= 0.3 is 18.2 Å². The quantitative estimate of drug-likeness (QED) is 0.510. The largest absolute Gasteiger partial charge is 0.352 e. The summed E-state index contributed by atoms with van der Waals surface area (Å²) in [6.07, 6.45) is -5.81. The van der Waals surface area contributed by atoms with Crippen molar-refractivity contribution in [3.8, 4) is 0 Å². The Morgan fingerprint density at radius 2 is 1.00 bits per heavy atom. The van der Waals surface area contributed by atoms with Gasteiger partial charge in [-0.2, -0.15) is 17.6 Å². The van der Waals surface area contributed by atoms with E-state index in [1.165, 1.54) is 0 Å². The Bertz CT molecular complexity index is 123. The molecule has 4 N–H and O–H groups in total. The molecule has 0 aromatic rings. The maximum Gasteiger partial charge on any atom is 0.334 e. The molecule has 0 rings (SSSR count).